The molecule has 0 aliphatic carbocycles. The average Bonchev–Trinajstić information content (AvgIpc) is 2.77. The smallest absolute Gasteiger partial charge is 0.410 e. The number of amides is 1. The van der Waals surface area contributed by atoms with Crippen LogP contribution in [0.4, 0.5) is 4.79 Å². The Hall–Kier alpha value is -2.64. The number of aromatic nitrogens is 1. The molecular weight excluding hydrogens is 370 g/mol. The molecule has 1 aliphatic rings. The summed E-state index contributed by atoms with van der Waals surface area (Å²) in [5.41, 5.74) is 7.04. The number of nitrogens with zero attached hydrogens (tertiary/aromatic N) is 2. The number of hydrogen-bond donors (Lipinski definition) is 2. The molecule has 2 aromatic rings. The number of nitrogens with two attached hydrogens (primary N) is 1. The van der Waals surface area contributed by atoms with E-state index in [1.54, 1.807) is 17.0 Å². The van der Waals surface area contributed by atoms with Crippen LogP contribution in [-0.2, 0) is 11.3 Å². The largest absolute Gasteiger partial charge is 0.477 e. The summed E-state index contributed by atoms with van der Waals surface area (Å²) in [6.45, 7) is 2.55. The Bertz CT molecular complexity index is 764. The molecule has 1 aromatic heterocycles. The summed E-state index contributed by atoms with van der Waals surface area (Å²) in [6, 6.07) is 15.1. The van der Waals surface area contributed by atoms with Crippen molar-refractivity contribution >= 4 is 6.09 Å². The van der Waals surface area contributed by atoms with E-state index < -0.39 is 6.10 Å². The molecule has 29 heavy (non-hydrogen) atoms. The highest BCUT2D eigenvalue weighted by molar-refractivity contribution is 5.67. The fourth-order valence-electron chi connectivity index (χ4n) is 3.30. The van der Waals surface area contributed by atoms with E-state index in [2.05, 4.69) is 4.98 Å². The highest BCUT2D eigenvalue weighted by Gasteiger charge is 2.24. The molecule has 1 aliphatic heterocycles. The van der Waals surface area contributed by atoms with Gasteiger partial charge in [-0.15, -0.1) is 0 Å². The predicted molar refractivity (Wildman–Crippen MR) is 109 cm³/mol. The minimum Gasteiger partial charge on any atom is -0.477 e. The SMILES string of the molecule is NCCC(O)c1cccc(OCC2CCN(C(=O)OCc3ccccc3)CC2)n1. The number of piperidine rings is 1. The fourth-order valence-corrected chi connectivity index (χ4v) is 3.30. The number of likely N-dealkylation sites (tertiary alicyclic amines) is 1. The number of ether oxygens (including phenoxy) is 2. The zero-order valence-electron chi connectivity index (χ0n) is 16.6. The first-order valence-corrected chi connectivity index (χ1v) is 10.1. The van der Waals surface area contributed by atoms with Gasteiger partial charge in [-0.25, -0.2) is 9.78 Å². The number of aliphatic hydroxyl groups excluding tert-OH is 1. The Morgan fingerprint density at radius 2 is 1.93 bits per heavy atom. The van der Waals surface area contributed by atoms with Gasteiger partial charge in [-0.1, -0.05) is 36.4 Å². The van der Waals surface area contributed by atoms with Crippen LogP contribution in [0, 0.1) is 5.92 Å². The van der Waals surface area contributed by atoms with Crippen LogP contribution in [-0.4, -0.2) is 47.3 Å². The number of carbonyl (C=O) groups excluding carboxylic acids is 1. The Morgan fingerprint density at radius 3 is 2.66 bits per heavy atom. The Kier molecular flexibility index (Phi) is 7.84. The molecule has 1 amide bonds. The molecule has 1 fully saturated rings. The molecule has 0 spiro atoms. The maximum Gasteiger partial charge on any atom is 0.410 e. The predicted octanol–water partition coefficient (Wildman–Crippen LogP) is 2.89. The van der Waals surface area contributed by atoms with Gasteiger partial charge in [-0.3, -0.25) is 0 Å². The van der Waals surface area contributed by atoms with Crippen LogP contribution in [0.25, 0.3) is 0 Å². The average molecular weight is 399 g/mol. The van der Waals surface area contributed by atoms with Gasteiger partial charge in [0.1, 0.15) is 6.61 Å². The van der Waals surface area contributed by atoms with Crippen molar-refractivity contribution in [2.75, 3.05) is 26.2 Å². The van der Waals surface area contributed by atoms with Gasteiger partial charge in [-0.05, 0) is 43.4 Å². The number of hydrogen-bond acceptors (Lipinski definition) is 6. The van der Waals surface area contributed by atoms with E-state index in [1.807, 2.05) is 36.4 Å². The molecule has 2 heterocycles. The molecule has 0 bridgehead atoms. The monoisotopic (exact) mass is 399 g/mol. The van der Waals surface area contributed by atoms with E-state index in [1.165, 1.54) is 0 Å². The van der Waals surface area contributed by atoms with E-state index in [0.717, 1.165) is 18.4 Å². The quantitative estimate of drug-likeness (QED) is 0.708. The molecule has 1 unspecified atom stereocenters. The lowest BCUT2D eigenvalue weighted by Gasteiger charge is -2.31. The topological polar surface area (TPSA) is 97.9 Å². The summed E-state index contributed by atoms with van der Waals surface area (Å²) >= 11 is 0. The Morgan fingerprint density at radius 1 is 1.17 bits per heavy atom. The first-order chi connectivity index (χ1) is 14.2. The van der Waals surface area contributed by atoms with Crippen LogP contribution < -0.4 is 10.5 Å². The second-order valence-electron chi connectivity index (χ2n) is 7.28. The number of rotatable bonds is 8. The van der Waals surface area contributed by atoms with Crippen molar-refractivity contribution in [2.24, 2.45) is 11.7 Å². The molecule has 7 heteroatoms. The first-order valence-electron chi connectivity index (χ1n) is 10.1. The standard InChI is InChI=1S/C22H29N3O4/c23-12-9-20(26)19-7-4-8-21(24-19)28-15-18-10-13-25(14-11-18)22(27)29-16-17-5-2-1-3-6-17/h1-8,18,20,26H,9-16,23H2. The van der Waals surface area contributed by atoms with Gasteiger partial charge in [0.2, 0.25) is 5.88 Å². The van der Waals surface area contributed by atoms with Gasteiger partial charge in [0, 0.05) is 19.2 Å². The summed E-state index contributed by atoms with van der Waals surface area (Å²) in [7, 11) is 0. The van der Waals surface area contributed by atoms with Crippen molar-refractivity contribution in [1.82, 2.24) is 9.88 Å². The highest BCUT2D eigenvalue weighted by atomic mass is 16.6. The molecule has 156 valence electrons. The summed E-state index contributed by atoms with van der Waals surface area (Å²) in [5, 5.41) is 10.0. The third-order valence-electron chi connectivity index (χ3n) is 5.07. The van der Waals surface area contributed by atoms with Crippen molar-refractivity contribution in [2.45, 2.75) is 32.0 Å². The Labute approximate surface area is 171 Å². The van der Waals surface area contributed by atoms with Crippen molar-refractivity contribution in [3.63, 3.8) is 0 Å². The summed E-state index contributed by atoms with van der Waals surface area (Å²) in [6.07, 6.45) is 1.24. The van der Waals surface area contributed by atoms with Gasteiger partial charge in [0.25, 0.3) is 0 Å². The van der Waals surface area contributed by atoms with Gasteiger partial charge in [-0.2, -0.15) is 0 Å². The van der Waals surface area contributed by atoms with Gasteiger partial charge >= 0.3 is 6.09 Å². The van der Waals surface area contributed by atoms with E-state index >= 15 is 0 Å². The lowest BCUT2D eigenvalue weighted by molar-refractivity contribution is 0.0756. The normalized spacial score (nSPS) is 15.7. The molecule has 7 nitrogen and oxygen atoms in total. The lowest BCUT2D eigenvalue weighted by Crippen LogP contribution is -2.40. The van der Waals surface area contributed by atoms with E-state index in [-0.39, 0.29) is 6.09 Å². The number of benzene rings is 1. The number of carbonyl (C=O) groups is 1. The molecule has 1 saturated heterocycles. The minimum absolute atomic E-state index is 0.267. The van der Waals surface area contributed by atoms with Crippen LogP contribution in [0.2, 0.25) is 0 Å². The second-order valence-corrected chi connectivity index (χ2v) is 7.28. The first kappa shape index (κ1) is 21.1. The minimum atomic E-state index is -0.673. The van der Waals surface area contributed by atoms with Crippen LogP contribution in [0.5, 0.6) is 5.88 Å². The Balaban J connectivity index is 1.40. The van der Waals surface area contributed by atoms with Crippen LogP contribution in [0.1, 0.15) is 36.6 Å². The van der Waals surface area contributed by atoms with Crippen LogP contribution >= 0.6 is 0 Å². The molecule has 1 atom stereocenters. The van der Waals surface area contributed by atoms with Crippen molar-refractivity contribution in [3.8, 4) is 5.88 Å². The number of aliphatic hydroxyl groups is 1. The maximum atomic E-state index is 12.2. The van der Waals surface area contributed by atoms with Crippen molar-refractivity contribution < 1.29 is 19.4 Å². The van der Waals surface area contributed by atoms with Gasteiger partial charge in [0.05, 0.1) is 18.4 Å². The van der Waals surface area contributed by atoms with Crippen LogP contribution in [0.3, 0.4) is 0 Å². The lowest BCUT2D eigenvalue weighted by atomic mass is 9.98. The number of pyridine rings is 1. The molecule has 0 radical (unpaired) electrons. The molecule has 1 aromatic carbocycles. The molecule has 3 N–H and O–H groups in total. The molecule has 3 rings (SSSR count). The zero-order chi connectivity index (χ0) is 20.5. The van der Waals surface area contributed by atoms with Gasteiger partial charge in [0.15, 0.2) is 0 Å². The molecule has 0 saturated carbocycles. The zero-order valence-corrected chi connectivity index (χ0v) is 16.6. The third-order valence-corrected chi connectivity index (χ3v) is 5.07. The summed E-state index contributed by atoms with van der Waals surface area (Å²) in [5.74, 6) is 0.857. The highest BCUT2D eigenvalue weighted by Crippen LogP contribution is 2.21. The van der Waals surface area contributed by atoms with Crippen molar-refractivity contribution in [3.05, 3.63) is 59.8 Å². The summed E-state index contributed by atoms with van der Waals surface area (Å²) in [4.78, 5) is 18.4. The third kappa shape index (κ3) is 6.44. The fraction of sp³-hybridized carbons (Fsp3) is 0.455. The van der Waals surface area contributed by atoms with E-state index in [4.69, 9.17) is 15.2 Å². The second kappa shape index (κ2) is 10.8. The van der Waals surface area contributed by atoms with Gasteiger partial charge < -0.3 is 25.2 Å². The van der Waals surface area contributed by atoms with E-state index in [9.17, 15) is 9.90 Å². The van der Waals surface area contributed by atoms with Crippen molar-refractivity contribution in [1.29, 1.82) is 0 Å². The van der Waals surface area contributed by atoms with E-state index in [0.29, 0.717) is 56.8 Å². The maximum absolute atomic E-state index is 12.2. The molecular formula is C22H29N3O4. The van der Waals surface area contributed by atoms with Crippen LogP contribution in [0.15, 0.2) is 48.5 Å². The summed E-state index contributed by atoms with van der Waals surface area (Å²) < 4.78 is 11.2.